The smallest absolute Gasteiger partial charge is 0.415 e. The molecule has 40 heavy (non-hydrogen) atoms. The second-order valence-electron chi connectivity index (χ2n) is 11.4. The molecule has 2 unspecified atom stereocenters. The number of halogens is 1. The van der Waals surface area contributed by atoms with Gasteiger partial charge in [0.1, 0.15) is 29.0 Å². The van der Waals surface area contributed by atoms with E-state index in [0.717, 1.165) is 12.8 Å². The Morgan fingerprint density at radius 2 is 2.00 bits per heavy atom. The highest BCUT2D eigenvalue weighted by molar-refractivity contribution is 6.00. The highest BCUT2D eigenvalue weighted by atomic mass is 19.1. The van der Waals surface area contributed by atoms with Gasteiger partial charge in [-0.25, -0.2) is 14.2 Å². The molecular formula is C27H36FN7O5. The molecule has 0 spiro atoms. The topological polar surface area (TPSA) is 134 Å². The van der Waals surface area contributed by atoms with Gasteiger partial charge >= 0.3 is 6.09 Å². The van der Waals surface area contributed by atoms with Gasteiger partial charge in [0.05, 0.1) is 24.0 Å². The maximum absolute atomic E-state index is 13.5. The number of allylic oxidation sites excluding steroid dienone is 2. The van der Waals surface area contributed by atoms with Crippen LogP contribution in [0.2, 0.25) is 0 Å². The number of nitrogens with one attached hydrogen (secondary N) is 2. The van der Waals surface area contributed by atoms with Gasteiger partial charge in [-0.15, -0.1) is 0 Å². The lowest BCUT2D eigenvalue weighted by Crippen LogP contribution is -2.51. The molecule has 13 heteroatoms. The lowest BCUT2D eigenvalue weighted by molar-refractivity contribution is -0.0147. The summed E-state index contributed by atoms with van der Waals surface area (Å²) in [6, 6.07) is 1.35. The third-order valence-corrected chi connectivity index (χ3v) is 7.38. The molecule has 3 aliphatic rings. The molecule has 5 rings (SSSR count). The second-order valence-corrected chi connectivity index (χ2v) is 11.4. The fourth-order valence-electron chi connectivity index (χ4n) is 4.91. The van der Waals surface area contributed by atoms with E-state index in [2.05, 4.69) is 20.7 Å². The third kappa shape index (κ3) is 5.48. The minimum absolute atomic E-state index is 0.0519. The van der Waals surface area contributed by atoms with E-state index in [1.165, 1.54) is 22.7 Å². The highest BCUT2D eigenvalue weighted by Gasteiger charge is 2.37. The maximum atomic E-state index is 13.5. The van der Waals surface area contributed by atoms with Crippen molar-refractivity contribution in [2.24, 2.45) is 0 Å². The normalized spacial score (nSPS) is 26.0. The molecule has 2 aromatic heterocycles. The Labute approximate surface area is 231 Å². The van der Waals surface area contributed by atoms with Crippen molar-refractivity contribution in [1.29, 1.82) is 0 Å². The van der Waals surface area contributed by atoms with Gasteiger partial charge in [0.15, 0.2) is 11.9 Å². The summed E-state index contributed by atoms with van der Waals surface area (Å²) in [5, 5.41) is 21.5. The highest BCUT2D eigenvalue weighted by Crippen LogP contribution is 2.33. The number of methoxy groups -OCH3 is 1. The number of carbonyl (C=O) groups is 2. The summed E-state index contributed by atoms with van der Waals surface area (Å²) in [6.45, 7) is 5.30. The van der Waals surface area contributed by atoms with E-state index in [4.69, 9.17) is 9.47 Å². The first-order valence-corrected chi connectivity index (χ1v) is 13.4. The summed E-state index contributed by atoms with van der Waals surface area (Å²) in [6.07, 6.45) is 6.36. The van der Waals surface area contributed by atoms with E-state index >= 15 is 0 Å². The SMILES string of the molecule is CO[C@H]1CCC1NC(=O)c1cnn2c(N(C)C(=O)OC(C)(C)C)cc(NC3=CC=CN(C4CC(F)C4)C3O)nc12. The Morgan fingerprint density at radius 3 is 2.62 bits per heavy atom. The minimum atomic E-state index is -1.05. The van der Waals surface area contributed by atoms with Crippen LogP contribution in [0.1, 0.15) is 56.8 Å². The van der Waals surface area contributed by atoms with Crippen LogP contribution < -0.4 is 15.5 Å². The van der Waals surface area contributed by atoms with Crippen LogP contribution in [0.3, 0.4) is 0 Å². The molecule has 1 aliphatic heterocycles. The standard InChI is InChI=1S/C27H36FN7O5/c1-27(2,3)40-26(38)33(4)22-13-21(30-19-7-6-10-34(25(19)37)16-11-15(28)12-16)32-23-17(14-29-35(22)23)24(36)31-18-8-9-20(18)39-5/h6-7,10,13-16,18,20,25,37H,8-9,11-12H2,1-5H3,(H,30,32)(H,31,36)/t15?,16?,18?,20-,25?/m0/s1. The quantitative estimate of drug-likeness (QED) is 0.470. The summed E-state index contributed by atoms with van der Waals surface area (Å²) in [7, 11) is 3.15. The van der Waals surface area contributed by atoms with Crippen LogP contribution in [-0.2, 0) is 9.47 Å². The van der Waals surface area contributed by atoms with Gasteiger partial charge < -0.3 is 30.1 Å². The van der Waals surface area contributed by atoms with Crippen molar-refractivity contribution in [3.05, 3.63) is 41.9 Å². The van der Waals surface area contributed by atoms with Crippen LogP contribution >= 0.6 is 0 Å². The van der Waals surface area contributed by atoms with Crippen molar-refractivity contribution in [2.75, 3.05) is 24.4 Å². The zero-order chi connectivity index (χ0) is 28.8. The molecule has 2 fully saturated rings. The molecular weight excluding hydrogens is 521 g/mol. The fourth-order valence-corrected chi connectivity index (χ4v) is 4.91. The molecule has 3 atom stereocenters. The molecule has 3 heterocycles. The number of carbonyl (C=O) groups excluding carboxylic acids is 2. The van der Waals surface area contributed by atoms with E-state index in [1.54, 1.807) is 57.2 Å². The Balaban J connectivity index is 1.47. The van der Waals surface area contributed by atoms with Gasteiger partial charge in [-0.2, -0.15) is 9.61 Å². The van der Waals surface area contributed by atoms with Crippen molar-refractivity contribution in [1.82, 2.24) is 24.8 Å². The Kier molecular flexibility index (Phi) is 7.44. The van der Waals surface area contributed by atoms with Gasteiger partial charge in [-0.3, -0.25) is 9.69 Å². The van der Waals surface area contributed by atoms with E-state index in [1.807, 2.05) is 0 Å². The number of alkyl halides is 1. The first kappa shape index (κ1) is 27.8. The number of anilines is 2. The molecule has 2 aromatic rings. The number of aromatic nitrogens is 3. The monoisotopic (exact) mass is 557 g/mol. The van der Waals surface area contributed by atoms with Crippen molar-refractivity contribution in [3.63, 3.8) is 0 Å². The first-order valence-electron chi connectivity index (χ1n) is 13.4. The van der Waals surface area contributed by atoms with Gasteiger partial charge in [0.2, 0.25) is 0 Å². The average Bonchev–Trinajstić information content (AvgIpc) is 3.28. The largest absolute Gasteiger partial charge is 0.443 e. The first-order chi connectivity index (χ1) is 18.9. The van der Waals surface area contributed by atoms with E-state index in [-0.39, 0.29) is 46.9 Å². The predicted molar refractivity (Wildman–Crippen MR) is 146 cm³/mol. The van der Waals surface area contributed by atoms with Gasteiger partial charge in [-0.1, -0.05) is 0 Å². The van der Waals surface area contributed by atoms with Crippen molar-refractivity contribution >= 4 is 29.3 Å². The number of hydrogen-bond donors (Lipinski definition) is 3. The number of hydrogen-bond acceptors (Lipinski definition) is 9. The predicted octanol–water partition coefficient (Wildman–Crippen LogP) is 2.95. The molecule has 0 radical (unpaired) electrons. The summed E-state index contributed by atoms with van der Waals surface area (Å²) in [5.41, 5.74) is 0.100. The van der Waals surface area contributed by atoms with Crippen LogP contribution in [-0.4, -0.2) is 87.0 Å². The van der Waals surface area contributed by atoms with Crippen molar-refractivity contribution in [2.45, 2.75) is 82.6 Å². The second kappa shape index (κ2) is 10.7. The number of ether oxygens (including phenoxy) is 2. The number of fused-ring (bicyclic) bond motifs is 1. The zero-order valence-corrected chi connectivity index (χ0v) is 23.3. The Morgan fingerprint density at radius 1 is 1.25 bits per heavy atom. The lowest BCUT2D eigenvalue weighted by atomic mass is 9.88. The lowest BCUT2D eigenvalue weighted by Gasteiger charge is -2.43. The molecule has 0 aromatic carbocycles. The fraction of sp³-hybridized carbons (Fsp3) is 0.556. The van der Waals surface area contributed by atoms with Gasteiger partial charge in [0.25, 0.3) is 5.91 Å². The van der Waals surface area contributed by atoms with Gasteiger partial charge in [0, 0.05) is 32.5 Å². The van der Waals surface area contributed by atoms with E-state index in [0.29, 0.717) is 18.5 Å². The van der Waals surface area contributed by atoms with Gasteiger partial charge in [-0.05, 0) is 58.6 Å². The third-order valence-electron chi connectivity index (χ3n) is 7.38. The summed E-state index contributed by atoms with van der Waals surface area (Å²) in [4.78, 5) is 33.8. The van der Waals surface area contributed by atoms with E-state index in [9.17, 15) is 19.1 Å². The molecule has 3 N–H and O–H groups in total. The van der Waals surface area contributed by atoms with E-state index < -0.39 is 24.1 Å². The molecule has 216 valence electrons. The number of nitrogens with zero attached hydrogens (tertiary/aromatic N) is 5. The number of rotatable bonds is 7. The van der Waals surface area contributed by atoms with Crippen molar-refractivity contribution < 1.29 is 28.6 Å². The Bertz CT molecular complexity index is 1340. The van der Waals surface area contributed by atoms with Crippen molar-refractivity contribution in [3.8, 4) is 0 Å². The molecule has 2 saturated carbocycles. The summed E-state index contributed by atoms with van der Waals surface area (Å²) >= 11 is 0. The number of amides is 2. The molecule has 0 bridgehead atoms. The molecule has 0 saturated heterocycles. The van der Waals surface area contributed by atoms with Crippen LogP contribution in [0.15, 0.2) is 36.3 Å². The van der Waals surface area contributed by atoms with Crippen LogP contribution in [0.4, 0.5) is 20.8 Å². The Hall–Kier alpha value is -3.71. The summed E-state index contributed by atoms with van der Waals surface area (Å²) < 4.78 is 25.8. The van der Waals surface area contributed by atoms with Crippen LogP contribution in [0.5, 0.6) is 0 Å². The number of aliphatic hydroxyl groups excluding tert-OH is 1. The maximum Gasteiger partial charge on any atom is 0.415 e. The average molecular weight is 558 g/mol. The zero-order valence-electron chi connectivity index (χ0n) is 23.3. The summed E-state index contributed by atoms with van der Waals surface area (Å²) in [5.74, 6) is 0.189. The molecule has 2 aliphatic carbocycles. The number of aliphatic hydroxyl groups is 1. The minimum Gasteiger partial charge on any atom is -0.443 e. The molecule has 2 amide bonds. The van der Waals surface area contributed by atoms with Crippen LogP contribution in [0, 0.1) is 0 Å². The molecule has 12 nitrogen and oxygen atoms in total. The van der Waals surface area contributed by atoms with Crippen LogP contribution in [0.25, 0.3) is 5.65 Å².